The molecule has 2 unspecified atom stereocenters. The lowest BCUT2D eigenvalue weighted by Gasteiger charge is -2.36. The highest BCUT2D eigenvalue weighted by Crippen LogP contribution is 2.16. The van der Waals surface area contributed by atoms with Crippen LogP contribution in [0.15, 0.2) is 0 Å². The van der Waals surface area contributed by atoms with Crippen molar-refractivity contribution < 1.29 is 13.2 Å². The van der Waals surface area contributed by atoms with E-state index >= 15 is 0 Å². The fraction of sp³-hybridized carbons (Fsp3) is 1.00. The minimum absolute atomic E-state index is 0.0793. The van der Waals surface area contributed by atoms with Gasteiger partial charge in [0.2, 0.25) is 10.0 Å². The van der Waals surface area contributed by atoms with Crippen molar-refractivity contribution in [2.75, 3.05) is 25.4 Å². The van der Waals surface area contributed by atoms with E-state index in [-0.39, 0.29) is 17.9 Å². The van der Waals surface area contributed by atoms with Crippen molar-refractivity contribution >= 4 is 10.0 Å². The fourth-order valence-corrected chi connectivity index (χ4v) is 3.45. The number of ether oxygens (including phenoxy) is 1. The number of nitrogens with zero attached hydrogens (tertiary/aromatic N) is 1. The summed E-state index contributed by atoms with van der Waals surface area (Å²) in [4.78, 5) is 0. The molecule has 2 atom stereocenters. The molecule has 2 N–H and O–H groups in total. The lowest BCUT2D eigenvalue weighted by molar-refractivity contribution is -0.0219. The van der Waals surface area contributed by atoms with Gasteiger partial charge < -0.3 is 10.5 Å². The third kappa shape index (κ3) is 3.14. The van der Waals surface area contributed by atoms with Gasteiger partial charge in [-0.15, -0.1) is 0 Å². The van der Waals surface area contributed by atoms with Crippen LogP contribution in [0.1, 0.15) is 20.3 Å². The van der Waals surface area contributed by atoms with Crippen LogP contribution in [0.2, 0.25) is 0 Å². The molecule has 0 bridgehead atoms. The Kier molecular flexibility index (Phi) is 4.51. The first-order valence-electron chi connectivity index (χ1n) is 5.32. The van der Waals surface area contributed by atoms with Crippen molar-refractivity contribution in [3.63, 3.8) is 0 Å². The smallest absolute Gasteiger partial charge is 0.214 e. The lowest BCUT2D eigenvalue weighted by Crippen LogP contribution is -2.53. The highest BCUT2D eigenvalue weighted by atomic mass is 32.2. The molecular weight excluding hydrogens is 216 g/mol. The molecule has 15 heavy (non-hydrogen) atoms. The van der Waals surface area contributed by atoms with Gasteiger partial charge in [-0.25, -0.2) is 8.42 Å². The van der Waals surface area contributed by atoms with Gasteiger partial charge in [-0.2, -0.15) is 4.31 Å². The quantitative estimate of drug-likeness (QED) is 0.732. The molecule has 0 spiro atoms. The second kappa shape index (κ2) is 5.25. The van der Waals surface area contributed by atoms with E-state index in [1.54, 1.807) is 0 Å². The lowest BCUT2D eigenvalue weighted by atomic mass is 10.2. The molecule has 0 aromatic heterocycles. The molecule has 0 aromatic rings. The molecule has 5 nitrogen and oxygen atoms in total. The Hall–Kier alpha value is -0.170. The van der Waals surface area contributed by atoms with Crippen LogP contribution in [-0.2, 0) is 14.8 Å². The number of hydrogen-bond acceptors (Lipinski definition) is 4. The summed E-state index contributed by atoms with van der Waals surface area (Å²) in [5, 5.41) is 0. The largest absolute Gasteiger partial charge is 0.374 e. The molecule has 6 heteroatoms. The van der Waals surface area contributed by atoms with Gasteiger partial charge in [-0.05, 0) is 13.3 Å². The third-order valence-corrected chi connectivity index (χ3v) is 4.68. The highest BCUT2D eigenvalue weighted by Gasteiger charge is 2.33. The van der Waals surface area contributed by atoms with Crippen molar-refractivity contribution in [3.8, 4) is 0 Å². The van der Waals surface area contributed by atoms with Crippen LogP contribution < -0.4 is 5.73 Å². The topological polar surface area (TPSA) is 72.6 Å². The second-order valence-corrected chi connectivity index (χ2v) is 5.97. The summed E-state index contributed by atoms with van der Waals surface area (Å²) in [6.45, 7) is 4.92. The molecular formula is C9H20N2O3S. The number of sulfonamides is 1. The molecule has 90 valence electrons. The third-order valence-electron chi connectivity index (χ3n) is 2.53. The van der Waals surface area contributed by atoms with E-state index in [1.165, 1.54) is 4.31 Å². The summed E-state index contributed by atoms with van der Waals surface area (Å²) in [5.41, 5.74) is 5.48. The van der Waals surface area contributed by atoms with E-state index in [2.05, 4.69) is 0 Å². The monoisotopic (exact) mass is 236 g/mol. The Morgan fingerprint density at radius 2 is 2.20 bits per heavy atom. The maximum Gasteiger partial charge on any atom is 0.214 e. The summed E-state index contributed by atoms with van der Waals surface area (Å²) in [7, 11) is -3.13. The molecule has 0 amide bonds. The van der Waals surface area contributed by atoms with Crippen LogP contribution in [0, 0.1) is 0 Å². The van der Waals surface area contributed by atoms with E-state index < -0.39 is 10.0 Å². The average Bonchev–Trinajstić information content (AvgIpc) is 2.18. The number of rotatable bonds is 4. The van der Waals surface area contributed by atoms with Crippen molar-refractivity contribution in [2.45, 2.75) is 32.4 Å². The van der Waals surface area contributed by atoms with Crippen LogP contribution in [-0.4, -0.2) is 50.3 Å². The van der Waals surface area contributed by atoms with Crippen molar-refractivity contribution in [1.29, 1.82) is 0 Å². The van der Waals surface area contributed by atoms with Crippen molar-refractivity contribution in [2.24, 2.45) is 5.73 Å². The predicted molar refractivity (Wildman–Crippen MR) is 59.0 cm³/mol. The Labute approximate surface area is 91.6 Å². The summed E-state index contributed by atoms with van der Waals surface area (Å²) < 4.78 is 30.7. The zero-order valence-corrected chi connectivity index (χ0v) is 10.2. The van der Waals surface area contributed by atoms with Crippen LogP contribution in [0.3, 0.4) is 0 Å². The number of nitrogens with two attached hydrogens (primary N) is 1. The first-order valence-corrected chi connectivity index (χ1v) is 6.93. The molecule has 1 rings (SSSR count). The summed E-state index contributed by atoms with van der Waals surface area (Å²) >= 11 is 0. The molecule has 1 aliphatic heterocycles. The molecule has 1 fully saturated rings. The minimum Gasteiger partial charge on any atom is -0.374 e. The molecule has 1 saturated heterocycles. The summed E-state index contributed by atoms with van der Waals surface area (Å²) in [6, 6.07) is -0.0793. The average molecular weight is 236 g/mol. The molecule has 1 aliphatic rings. The molecule has 1 heterocycles. The van der Waals surface area contributed by atoms with Gasteiger partial charge in [0.25, 0.3) is 0 Å². The van der Waals surface area contributed by atoms with Gasteiger partial charge in [0, 0.05) is 19.1 Å². The van der Waals surface area contributed by atoms with Gasteiger partial charge in [-0.1, -0.05) is 6.92 Å². The number of morpholine rings is 1. The maximum atomic E-state index is 11.9. The van der Waals surface area contributed by atoms with Crippen molar-refractivity contribution in [1.82, 2.24) is 4.31 Å². The van der Waals surface area contributed by atoms with E-state index in [0.717, 1.165) is 0 Å². The molecule has 0 radical (unpaired) electrons. The summed E-state index contributed by atoms with van der Waals surface area (Å²) in [6.07, 6.45) is 0.479. The Morgan fingerprint density at radius 3 is 2.73 bits per heavy atom. The van der Waals surface area contributed by atoms with Gasteiger partial charge in [0.15, 0.2) is 0 Å². The zero-order chi connectivity index (χ0) is 11.5. The molecule has 0 aliphatic carbocycles. The van der Waals surface area contributed by atoms with Crippen LogP contribution in [0.5, 0.6) is 0 Å². The maximum absolute atomic E-state index is 11.9. The van der Waals surface area contributed by atoms with Crippen molar-refractivity contribution in [3.05, 3.63) is 0 Å². The van der Waals surface area contributed by atoms with Gasteiger partial charge in [0.1, 0.15) is 0 Å². The Morgan fingerprint density at radius 1 is 1.53 bits per heavy atom. The second-order valence-electron chi connectivity index (χ2n) is 3.93. The van der Waals surface area contributed by atoms with E-state index in [9.17, 15) is 8.42 Å². The molecule has 0 aromatic carbocycles. The predicted octanol–water partition coefficient (Wildman–Crippen LogP) is -0.226. The Bertz CT molecular complexity index is 292. The van der Waals surface area contributed by atoms with E-state index in [1.807, 2.05) is 13.8 Å². The first kappa shape index (κ1) is 12.9. The van der Waals surface area contributed by atoms with Gasteiger partial charge in [-0.3, -0.25) is 0 Å². The zero-order valence-electron chi connectivity index (χ0n) is 9.35. The fourth-order valence-electron chi connectivity index (χ4n) is 1.70. The first-order chi connectivity index (χ1) is 7.01. The normalized spacial score (nSPS) is 29.3. The van der Waals surface area contributed by atoms with E-state index in [4.69, 9.17) is 10.5 Å². The Balaban J connectivity index is 2.73. The molecule has 0 saturated carbocycles. The minimum atomic E-state index is -3.13. The van der Waals surface area contributed by atoms with Crippen LogP contribution in [0.4, 0.5) is 0 Å². The van der Waals surface area contributed by atoms with E-state index in [0.29, 0.717) is 26.1 Å². The van der Waals surface area contributed by atoms with Crippen LogP contribution in [0.25, 0.3) is 0 Å². The van der Waals surface area contributed by atoms with Crippen LogP contribution >= 0.6 is 0 Å². The SMILES string of the molecule is CCCS(=O)(=O)N1CC(CN)OCC1C. The van der Waals surface area contributed by atoms with Gasteiger partial charge in [0.05, 0.1) is 18.5 Å². The summed E-state index contributed by atoms with van der Waals surface area (Å²) in [5.74, 6) is 0.203. The van der Waals surface area contributed by atoms with Gasteiger partial charge >= 0.3 is 0 Å². The highest BCUT2D eigenvalue weighted by molar-refractivity contribution is 7.89. The standard InChI is InChI=1S/C9H20N2O3S/c1-3-4-15(12,13)11-6-9(5-10)14-7-8(11)2/h8-9H,3-7,10H2,1-2H3. The number of hydrogen-bond donors (Lipinski definition) is 1.